The van der Waals surface area contributed by atoms with Gasteiger partial charge in [0.2, 0.25) is 5.88 Å². The highest BCUT2D eigenvalue weighted by atomic mass is 19.3. The molecule has 0 bridgehead atoms. The van der Waals surface area contributed by atoms with E-state index in [1.807, 2.05) is 74.5 Å². The molecule has 138 valence electrons. The van der Waals surface area contributed by atoms with Gasteiger partial charge in [-0.15, -0.1) is 0 Å². The highest BCUT2D eigenvalue weighted by Crippen LogP contribution is 2.19. The van der Waals surface area contributed by atoms with E-state index >= 15 is 0 Å². The summed E-state index contributed by atoms with van der Waals surface area (Å²) >= 11 is 0. The van der Waals surface area contributed by atoms with E-state index in [9.17, 15) is 9.32 Å². The minimum atomic E-state index is -1.01. The number of benzene rings is 2. The van der Waals surface area contributed by atoms with Crippen LogP contribution in [-0.4, -0.2) is 17.0 Å². The van der Waals surface area contributed by atoms with E-state index in [4.69, 9.17) is 4.74 Å². The molecule has 3 rings (SSSR count). The molecule has 1 aliphatic rings. The molecule has 1 aliphatic heterocycles. The fourth-order valence-corrected chi connectivity index (χ4v) is 2.42. The Labute approximate surface area is 152 Å². The van der Waals surface area contributed by atoms with Gasteiger partial charge in [-0.1, -0.05) is 74.5 Å². The predicted molar refractivity (Wildman–Crippen MR) is 96.8 cm³/mol. The number of carbonyl (C=O) groups is 1. The first kappa shape index (κ1) is 19.5. The summed E-state index contributed by atoms with van der Waals surface area (Å²) in [4.78, 5) is 14.8. The Morgan fingerprint density at radius 1 is 1.04 bits per heavy atom. The number of carbonyl (C=O) groups excluding carboxylic acids is 1. The van der Waals surface area contributed by atoms with Crippen LogP contribution in [0.4, 0.5) is 4.53 Å². The number of rotatable bonds is 6. The first-order chi connectivity index (χ1) is 12.8. The zero-order valence-electron chi connectivity index (χ0n) is 14.9. The van der Waals surface area contributed by atoms with Crippen LogP contribution in [0.2, 0.25) is 0 Å². The van der Waals surface area contributed by atoms with Gasteiger partial charge >= 0.3 is 5.97 Å². The van der Waals surface area contributed by atoms with Crippen LogP contribution in [0, 0.1) is 0 Å². The monoisotopic (exact) mass is 358 g/mol. The largest absolute Gasteiger partial charge is 0.473 e. The van der Waals surface area contributed by atoms with Crippen LogP contribution < -0.4 is 5.43 Å². The quantitative estimate of drug-likeness (QED) is 0.849. The number of nitrogens with one attached hydrogen (secondary N) is 1. The van der Waals surface area contributed by atoms with E-state index in [0.29, 0.717) is 19.0 Å². The molecular formula is C20H23FN2O3. The van der Waals surface area contributed by atoms with Crippen LogP contribution in [-0.2, 0) is 27.6 Å². The van der Waals surface area contributed by atoms with E-state index in [-0.39, 0.29) is 0 Å². The third kappa shape index (κ3) is 5.32. The Bertz CT molecular complexity index is 708. The van der Waals surface area contributed by atoms with E-state index in [1.54, 1.807) is 5.01 Å². The number of nitrogens with zero attached hydrogens (tertiary/aromatic N) is 1. The van der Waals surface area contributed by atoms with E-state index in [0.717, 1.165) is 11.1 Å². The van der Waals surface area contributed by atoms with Crippen molar-refractivity contribution in [1.29, 1.82) is 0 Å². The normalized spacial score (nSPS) is 15.6. The topological polar surface area (TPSA) is 50.8 Å². The fraction of sp³-hybridized carbons (Fsp3) is 0.250. The summed E-state index contributed by atoms with van der Waals surface area (Å²) in [5.74, 6) is -0.551. The first-order valence-electron chi connectivity index (χ1n) is 8.55. The van der Waals surface area contributed by atoms with Gasteiger partial charge in [-0.2, -0.15) is 0 Å². The van der Waals surface area contributed by atoms with E-state index in [1.165, 1.54) is 6.08 Å². The molecule has 1 unspecified atom stereocenters. The Balaban J connectivity index is 0.00000117. The molecule has 0 aliphatic carbocycles. The minimum Gasteiger partial charge on any atom is -0.473 e. The van der Waals surface area contributed by atoms with Crippen molar-refractivity contribution in [3.63, 3.8) is 0 Å². The lowest BCUT2D eigenvalue weighted by atomic mass is 10.2. The maximum Gasteiger partial charge on any atom is 0.371 e. The average molecular weight is 358 g/mol. The molecule has 2 aromatic rings. The van der Waals surface area contributed by atoms with Gasteiger partial charge in [-0.25, -0.2) is 10.2 Å². The summed E-state index contributed by atoms with van der Waals surface area (Å²) in [5, 5.41) is 1.67. The molecule has 0 spiro atoms. The van der Waals surface area contributed by atoms with Gasteiger partial charge in [-0.05, 0) is 11.1 Å². The summed E-state index contributed by atoms with van der Waals surface area (Å²) in [6.07, 6.45) is 1.51. The molecule has 1 heterocycles. The van der Waals surface area contributed by atoms with Crippen LogP contribution in [0.3, 0.4) is 0 Å². The lowest BCUT2D eigenvalue weighted by Crippen LogP contribution is -2.41. The number of halogens is 1. The standard InChI is InChI=1S/C18H17FN2O3.C2H6/c19-24-18(22)16-11-17(23-13-15-9-5-2-6-10-15)21(20-16)12-14-7-3-1-4-8-14;1-2/h1-11,16,20H,12-13H2;1-2H3. The van der Waals surface area contributed by atoms with Gasteiger partial charge in [0.1, 0.15) is 6.61 Å². The molecular weight excluding hydrogens is 335 g/mol. The molecule has 1 N–H and O–H groups in total. The molecule has 6 heteroatoms. The zero-order chi connectivity index (χ0) is 18.8. The number of ether oxygens (including phenoxy) is 1. The molecule has 0 saturated heterocycles. The molecule has 2 aromatic carbocycles. The van der Waals surface area contributed by atoms with Crippen molar-refractivity contribution >= 4 is 5.97 Å². The van der Waals surface area contributed by atoms with Gasteiger partial charge in [-0.3, -0.25) is 9.95 Å². The van der Waals surface area contributed by atoms with Gasteiger partial charge < -0.3 is 4.74 Å². The number of hydrogen-bond acceptors (Lipinski definition) is 5. The first-order valence-corrected chi connectivity index (χ1v) is 8.55. The molecule has 0 amide bonds. The average Bonchev–Trinajstić information content (AvgIpc) is 3.11. The Morgan fingerprint density at radius 2 is 1.62 bits per heavy atom. The summed E-state index contributed by atoms with van der Waals surface area (Å²) in [6, 6.07) is 18.4. The van der Waals surface area contributed by atoms with Gasteiger partial charge in [0.25, 0.3) is 0 Å². The van der Waals surface area contributed by atoms with Crippen molar-refractivity contribution in [2.75, 3.05) is 0 Å². The Kier molecular flexibility index (Phi) is 7.64. The molecule has 26 heavy (non-hydrogen) atoms. The van der Waals surface area contributed by atoms with Crippen molar-refractivity contribution < 1.29 is 19.0 Å². The van der Waals surface area contributed by atoms with Crippen LogP contribution in [0.25, 0.3) is 0 Å². The molecule has 0 aromatic heterocycles. The molecule has 0 fully saturated rings. The zero-order valence-corrected chi connectivity index (χ0v) is 14.9. The fourth-order valence-electron chi connectivity index (χ4n) is 2.42. The second-order valence-corrected chi connectivity index (χ2v) is 5.35. The molecule has 0 radical (unpaired) electrons. The molecule has 0 saturated carbocycles. The van der Waals surface area contributed by atoms with Crippen molar-refractivity contribution in [2.24, 2.45) is 0 Å². The number of hydrogen-bond donors (Lipinski definition) is 1. The second kappa shape index (κ2) is 10.2. The molecule has 1 atom stereocenters. The van der Waals surface area contributed by atoms with E-state index in [2.05, 4.69) is 10.4 Å². The predicted octanol–water partition coefficient (Wildman–Crippen LogP) is 3.89. The van der Waals surface area contributed by atoms with Crippen LogP contribution in [0.5, 0.6) is 0 Å². The van der Waals surface area contributed by atoms with Gasteiger partial charge in [0, 0.05) is 10.6 Å². The maximum atomic E-state index is 12.2. The summed E-state index contributed by atoms with van der Waals surface area (Å²) < 4.78 is 18.0. The van der Waals surface area contributed by atoms with Crippen molar-refractivity contribution in [2.45, 2.75) is 33.0 Å². The maximum absolute atomic E-state index is 12.2. The smallest absolute Gasteiger partial charge is 0.371 e. The van der Waals surface area contributed by atoms with Gasteiger partial charge in [0.05, 0.1) is 6.54 Å². The summed E-state index contributed by atoms with van der Waals surface area (Å²) in [6.45, 7) is 4.81. The van der Waals surface area contributed by atoms with Crippen molar-refractivity contribution in [3.05, 3.63) is 83.7 Å². The van der Waals surface area contributed by atoms with Crippen molar-refractivity contribution in [1.82, 2.24) is 10.4 Å². The highest BCUT2D eigenvalue weighted by Gasteiger charge is 2.31. The highest BCUT2D eigenvalue weighted by molar-refractivity contribution is 5.78. The minimum absolute atomic E-state index is 0.344. The lowest BCUT2D eigenvalue weighted by Gasteiger charge is -2.23. The summed E-state index contributed by atoms with van der Waals surface area (Å²) in [5.41, 5.74) is 4.89. The van der Waals surface area contributed by atoms with Gasteiger partial charge in [0.15, 0.2) is 6.04 Å². The second-order valence-electron chi connectivity index (χ2n) is 5.35. The lowest BCUT2D eigenvalue weighted by molar-refractivity contribution is -0.185. The van der Waals surface area contributed by atoms with Crippen LogP contribution in [0.1, 0.15) is 25.0 Å². The van der Waals surface area contributed by atoms with Crippen LogP contribution >= 0.6 is 0 Å². The number of hydrazine groups is 1. The third-order valence-corrected chi connectivity index (χ3v) is 3.61. The van der Waals surface area contributed by atoms with Crippen LogP contribution in [0.15, 0.2) is 72.6 Å². The molecule has 5 nitrogen and oxygen atoms in total. The SMILES string of the molecule is CC.O=C(OF)C1C=C(OCc2ccccc2)N(Cc2ccccc2)N1. The summed E-state index contributed by atoms with van der Waals surface area (Å²) in [7, 11) is 0. The van der Waals surface area contributed by atoms with E-state index < -0.39 is 12.0 Å². The van der Waals surface area contributed by atoms with Crippen molar-refractivity contribution in [3.8, 4) is 0 Å². The third-order valence-electron chi connectivity index (χ3n) is 3.61. The Hall–Kier alpha value is -2.86. The Morgan fingerprint density at radius 3 is 2.19 bits per heavy atom.